The number of benzene rings is 4. The van der Waals surface area contributed by atoms with Gasteiger partial charge in [0.2, 0.25) is 17.2 Å². The van der Waals surface area contributed by atoms with E-state index in [1.807, 2.05) is 0 Å². The fraction of sp³-hybridized carbons (Fsp3) is 0.138. The summed E-state index contributed by atoms with van der Waals surface area (Å²) in [5.74, 6) is -2.57. The van der Waals surface area contributed by atoms with Crippen LogP contribution in [-0.4, -0.2) is 99.3 Å². The van der Waals surface area contributed by atoms with Crippen LogP contribution in [0.2, 0.25) is 5.28 Å². The largest absolute Gasteiger partial charge is 0.505 e. The van der Waals surface area contributed by atoms with Gasteiger partial charge < -0.3 is 15.3 Å². The van der Waals surface area contributed by atoms with Gasteiger partial charge in [0.25, 0.3) is 30.4 Å². The molecule has 58 heavy (non-hydrogen) atoms. The molecule has 1 heterocycles. The summed E-state index contributed by atoms with van der Waals surface area (Å²) in [7, 11) is -24.2. The van der Waals surface area contributed by atoms with Crippen molar-refractivity contribution in [3.05, 3.63) is 72.0 Å². The molecule has 23 nitrogen and oxygen atoms in total. The molecule has 0 amide bonds. The number of hydrogen-bond acceptors (Lipinski definition) is 19. The number of rotatable bonds is 15. The molecule has 0 bridgehead atoms. The highest BCUT2D eigenvalue weighted by Crippen LogP contribution is 2.46. The van der Waals surface area contributed by atoms with Gasteiger partial charge in [-0.2, -0.15) is 53.7 Å². The minimum atomic E-state index is -5.34. The van der Waals surface area contributed by atoms with E-state index in [1.165, 1.54) is 29.2 Å². The number of nitrogens with zero attached hydrogens (tertiary/aromatic N) is 6. The minimum Gasteiger partial charge on any atom is -0.505 e. The Morgan fingerprint density at radius 2 is 1.41 bits per heavy atom. The lowest BCUT2D eigenvalue weighted by atomic mass is 10.1. The van der Waals surface area contributed by atoms with Gasteiger partial charge in [-0.3, -0.25) is 18.2 Å². The molecular weight excluding hydrogens is 898 g/mol. The summed E-state index contributed by atoms with van der Waals surface area (Å²) >= 11 is 6.23. The highest BCUT2D eigenvalue weighted by Gasteiger charge is 2.28. The summed E-state index contributed by atoms with van der Waals surface area (Å²) in [6.45, 7) is 0.801. The lowest BCUT2D eigenvalue weighted by molar-refractivity contribution is 0.284. The average Bonchev–Trinajstić information content (AvgIpc) is 3.09. The summed E-state index contributed by atoms with van der Waals surface area (Å²) in [5, 5.41) is 19.9. The van der Waals surface area contributed by atoms with Crippen LogP contribution in [0.5, 0.6) is 5.75 Å². The molecule has 310 valence electrons. The zero-order chi connectivity index (χ0) is 43.0. The van der Waals surface area contributed by atoms with Gasteiger partial charge in [-0.05, 0) is 79.2 Å². The van der Waals surface area contributed by atoms with E-state index in [0.29, 0.717) is 6.07 Å². The molecular formula is C29H26ClN7O16S5. The van der Waals surface area contributed by atoms with Gasteiger partial charge in [0.05, 0.1) is 38.9 Å². The Labute approximate surface area is 334 Å². The van der Waals surface area contributed by atoms with Crippen molar-refractivity contribution in [2.24, 2.45) is 10.2 Å². The van der Waals surface area contributed by atoms with Gasteiger partial charge in [-0.25, -0.2) is 12.6 Å². The topological polar surface area (TPSA) is 360 Å². The smallest absolute Gasteiger partial charge is 0.397 e. The van der Waals surface area contributed by atoms with Crippen molar-refractivity contribution in [1.29, 1.82) is 0 Å². The summed E-state index contributed by atoms with van der Waals surface area (Å²) in [6.07, 6.45) is 0. The predicted molar refractivity (Wildman–Crippen MR) is 202 cm³/mol. The molecule has 6 N–H and O–H groups in total. The van der Waals surface area contributed by atoms with E-state index >= 15 is 0 Å². The molecule has 0 aliphatic rings. The third-order valence-electron chi connectivity index (χ3n) is 7.60. The molecule has 5 rings (SSSR count). The molecule has 0 aliphatic carbocycles. The van der Waals surface area contributed by atoms with Crippen molar-refractivity contribution < 1.29 is 69.6 Å². The number of fused-ring (bicyclic) bond motifs is 1. The van der Waals surface area contributed by atoms with Crippen LogP contribution < -0.4 is 10.2 Å². The molecule has 0 aliphatic heterocycles. The van der Waals surface area contributed by atoms with E-state index < -0.39 is 111 Å². The lowest BCUT2D eigenvalue weighted by Gasteiger charge is -2.22. The van der Waals surface area contributed by atoms with Crippen molar-refractivity contribution in [2.45, 2.75) is 26.5 Å². The van der Waals surface area contributed by atoms with Crippen molar-refractivity contribution >= 4 is 108 Å². The molecule has 0 saturated heterocycles. The lowest BCUT2D eigenvalue weighted by Crippen LogP contribution is -2.21. The number of aromatic hydroxyl groups is 1. The molecule has 0 saturated carbocycles. The standard InChI is InChI=1S/C29H26ClN7O16S5/c1-2-37(17-4-3-5-19(14-17)54(39,40)13-12-53-58(50,51)52)29-33-27(30)32-28(34-29)31-21-10-11-22(56(44,45)46)20-15-23(57(47,48)49)25(26(38)24(20)21)36-35-16-6-8-18(9-7-16)55(41,42)43/h3-11,14-15,38H,2,12-13H2,1H3,(H,41,42,43)(H,44,45,46)(H,47,48,49)(H,50,51,52)(H,31,32,33,34). The van der Waals surface area contributed by atoms with E-state index in [-0.39, 0.29) is 34.5 Å². The number of anilines is 4. The molecule has 0 spiro atoms. The van der Waals surface area contributed by atoms with Crippen molar-refractivity contribution in [3.63, 3.8) is 0 Å². The second-order valence-corrected chi connectivity index (χ2v) is 19.1. The van der Waals surface area contributed by atoms with Crippen LogP contribution in [0.1, 0.15) is 6.92 Å². The molecule has 1 aromatic heterocycles. The molecule has 0 radical (unpaired) electrons. The van der Waals surface area contributed by atoms with Crippen LogP contribution in [-0.2, 0) is 54.8 Å². The minimum absolute atomic E-state index is 0.0627. The van der Waals surface area contributed by atoms with E-state index in [4.69, 9.17) is 16.2 Å². The maximum absolute atomic E-state index is 12.9. The van der Waals surface area contributed by atoms with E-state index in [0.717, 1.165) is 36.4 Å². The Balaban J connectivity index is 1.62. The molecule has 0 atom stereocenters. The van der Waals surface area contributed by atoms with Gasteiger partial charge in [0.1, 0.15) is 15.5 Å². The fourth-order valence-electron chi connectivity index (χ4n) is 5.14. The first kappa shape index (κ1) is 44.1. The highest BCUT2D eigenvalue weighted by molar-refractivity contribution is 7.91. The van der Waals surface area contributed by atoms with E-state index in [2.05, 4.69) is 34.7 Å². The number of azo groups is 1. The summed E-state index contributed by atoms with van der Waals surface area (Å²) in [6, 6.07) is 11.5. The van der Waals surface area contributed by atoms with Crippen LogP contribution in [0, 0.1) is 0 Å². The van der Waals surface area contributed by atoms with Gasteiger partial charge in [0.15, 0.2) is 15.6 Å². The van der Waals surface area contributed by atoms with Crippen LogP contribution >= 0.6 is 11.6 Å². The maximum Gasteiger partial charge on any atom is 0.397 e. The molecule has 0 fully saturated rings. The first-order valence-electron chi connectivity index (χ1n) is 15.5. The Bertz CT molecular complexity index is 3050. The summed E-state index contributed by atoms with van der Waals surface area (Å²) < 4.78 is 162. The maximum atomic E-state index is 12.9. The average molecular weight is 924 g/mol. The van der Waals surface area contributed by atoms with Crippen LogP contribution in [0.4, 0.5) is 34.6 Å². The van der Waals surface area contributed by atoms with Crippen molar-refractivity contribution in [2.75, 3.05) is 29.1 Å². The fourth-order valence-corrected chi connectivity index (χ4v) is 8.62. The Hall–Kier alpha value is -5.01. The Kier molecular flexibility index (Phi) is 12.4. The zero-order valence-corrected chi connectivity index (χ0v) is 33.6. The Morgan fingerprint density at radius 1 is 0.759 bits per heavy atom. The number of phenolic OH excluding ortho intramolecular Hbond substituents is 1. The third-order valence-corrected chi connectivity index (χ3v) is 12.6. The molecule has 0 unspecified atom stereocenters. The number of phenols is 1. The monoisotopic (exact) mass is 923 g/mol. The number of sulfone groups is 1. The predicted octanol–water partition coefficient (Wildman–Crippen LogP) is 4.03. The zero-order valence-electron chi connectivity index (χ0n) is 28.8. The molecule has 4 aromatic carbocycles. The third kappa shape index (κ3) is 10.3. The number of nitrogens with one attached hydrogen (secondary N) is 1. The van der Waals surface area contributed by atoms with Gasteiger partial charge in [-0.15, -0.1) is 5.11 Å². The van der Waals surface area contributed by atoms with Crippen LogP contribution in [0.25, 0.3) is 10.8 Å². The quantitative estimate of drug-likeness (QED) is 0.0637. The highest BCUT2D eigenvalue weighted by atomic mass is 35.5. The van der Waals surface area contributed by atoms with Crippen LogP contribution in [0.15, 0.2) is 96.5 Å². The van der Waals surface area contributed by atoms with Gasteiger partial charge in [0, 0.05) is 17.6 Å². The van der Waals surface area contributed by atoms with E-state index in [9.17, 15) is 60.9 Å². The first-order valence-corrected chi connectivity index (χ1v) is 23.2. The number of aromatic nitrogens is 3. The summed E-state index contributed by atoms with van der Waals surface area (Å²) in [5.41, 5.74) is -1.23. The molecule has 29 heteroatoms. The SMILES string of the molecule is CCN(c1cccc(S(=O)(=O)CCOS(=O)(=O)O)c1)c1nc(Cl)nc(Nc2ccc(S(=O)(=O)O)c3cc(S(=O)(=O)O)c(N=Nc4ccc(S(=O)(=O)O)cc4)c(O)c23)n1. The Morgan fingerprint density at radius 3 is 2.00 bits per heavy atom. The van der Waals surface area contributed by atoms with Crippen LogP contribution in [0.3, 0.4) is 0 Å². The number of hydrogen-bond donors (Lipinski definition) is 6. The number of halogens is 1. The van der Waals surface area contributed by atoms with E-state index in [1.54, 1.807) is 6.92 Å². The first-order chi connectivity index (χ1) is 26.8. The molecule has 5 aromatic rings. The second kappa shape index (κ2) is 16.3. The van der Waals surface area contributed by atoms with Crippen molar-refractivity contribution in [3.8, 4) is 5.75 Å². The second-order valence-electron chi connectivity index (χ2n) is 11.4. The normalized spacial score (nSPS) is 12.9. The summed E-state index contributed by atoms with van der Waals surface area (Å²) in [4.78, 5) is 10.8. The van der Waals surface area contributed by atoms with Gasteiger partial charge >= 0.3 is 10.4 Å². The van der Waals surface area contributed by atoms with Crippen molar-refractivity contribution in [1.82, 2.24) is 15.0 Å². The van der Waals surface area contributed by atoms with Gasteiger partial charge in [-0.1, -0.05) is 6.07 Å².